The second-order valence-electron chi connectivity index (χ2n) is 4.89. The quantitative estimate of drug-likeness (QED) is 0.559. The molecule has 122 valence electrons. The molecular formula is C18H10F4O2. The van der Waals surface area contributed by atoms with Crippen LogP contribution in [0.2, 0.25) is 0 Å². The van der Waals surface area contributed by atoms with Gasteiger partial charge < -0.3 is 9.47 Å². The van der Waals surface area contributed by atoms with Crippen molar-refractivity contribution in [1.29, 1.82) is 0 Å². The molecule has 24 heavy (non-hydrogen) atoms. The van der Waals surface area contributed by atoms with Crippen molar-refractivity contribution < 1.29 is 27.0 Å². The largest absolute Gasteiger partial charge is 0.457 e. The number of rotatable bonds is 4. The van der Waals surface area contributed by atoms with Gasteiger partial charge in [0.25, 0.3) is 0 Å². The van der Waals surface area contributed by atoms with Crippen molar-refractivity contribution in [2.45, 2.75) is 0 Å². The topological polar surface area (TPSA) is 18.5 Å². The van der Waals surface area contributed by atoms with Gasteiger partial charge in [-0.3, -0.25) is 0 Å². The number of hydrogen-bond donors (Lipinski definition) is 0. The molecule has 0 spiro atoms. The molecule has 0 bridgehead atoms. The summed E-state index contributed by atoms with van der Waals surface area (Å²) < 4.78 is 63.1. The minimum atomic E-state index is -0.752. The summed E-state index contributed by atoms with van der Waals surface area (Å²) in [6.07, 6.45) is 0. The van der Waals surface area contributed by atoms with E-state index in [4.69, 9.17) is 9.47 Å². The minimum absolute atomic E-state index is 0.00775. The lowest BCUT2D eigenvalue weighted by atomic mass is 10.3. The number of benzene rings is 3. The lowest BCUT2D eigenvalue weighted by Crippen LogP contribution is -1.89. The maximum Gasteiger partial charge on any atom is 0.133 e. The zero-order valence-electron chi connectivity index (χ0n) is 12.1. The Morgan fingerprint density at radius 3 is 1.00 bits per heavy atom. The molecule has 3 aromatic carbocycles. The van der Waals surface area contributed by atoms with Gasteiger partial charge in [0.1, 0.15) is 46.3 Å². The Morgan fingerprint density at radius 2 is 0.708 bits per heavy atom. The Kier molecular flexibility index (Phi) is 4.37. The predicted octanol–water partition coefficient (Wildman–Crippen LogP) is 5.83. The Labute approximate surface area is 134 Å². The van der Waals surface area contributed by atoms with Crippen LogP contribution in [0.15, 0.2) is 60.7 Å². The number of halogens is 4. The molecule has 0 amide bonds. The van der Waals surface area contributed by atoms with E-state index in [2.05, 4.69) is 0 Å². The molecule has 0 N–H and O–H groups in total. The van der Waals surface area contributed by atoms with Gasteiger partial charge >= 0.3 is 0 Å². The zero-order valence-corrected chi connectivity index (χ0v) is 12.1. The van der Waals surface area contributed by atoms with Crippen LogP contribution in [0.1, 0.15) is 0 Å². The highest BCUT2D eigenvalue weighted by Crippen LogP contribution is 2.28. The summed E-state index contributed by atoms with van der Waals surface area (Å²) in [6.45, 7) is 0. The average Bonchev–Trinajstić information content (AvgIpc) is 2.47. The van der Waals surface area contributed by atoms with E-state index in [-0.39, 0.29) is 11.5 Å². The van der Waals surface area contributed by atoms with Crippen molar-refractivity contribution >= 4 is 0 Å². The van der Waals surface area contributed by atoms with Gasteiger partial charge in [0.05, 0.1) is 0 Å². The molecule has 0 atom stereocenters. The first-order chi connectivity index (χ1) is 11.5. The predicted molar refractivity (Wildman–Crippen MR) is 79.3 cm³/mol. The summed E-state index contributed by atoms with van der Waals surface area (Å²) >= 11 is 0. The molecule has 0 heterocycles. The highest BCUT2D eigenvalue weighted by atomic mass is 19.1. The maximum absolute atomic E-state index is 13.1. The number of hydrogen-bond acceptors (Lipinski definition) is 2. The molecular weight excluding hydrogens is 324 g/mol. The van der Waals surface area contributed by atoms with Gasteiger partial charge in [-0.15, -0.1) is 0 Å². The van der Waals surface area contributed by atoms with E-state index >= 15 is 0 Å². The van der Waals surface area contributed by atoms with E-state index in [9.17, 15) is 17.6 Å². The SMILES string of the molecule is Fc1cc(F)cc(Oc2ccc(Oc3cc(F)cc(F)c3)cc2)c1. The first-order valence-corrected chi connectivity index (χ1v) is 6.86. The first-order valence-electron chi connectivity index (χ1n) is 6.86. The molecule has 0 radical (unpaired) electrons. The Balaban J connectivity index is 1.73. The molecule has 0 aliphatic heterocycles. The van der Waals surface area contributed by atoms with Gasteiger partial charge in [-0.1, -0.05) is 0 Å². The summed E-state index contributed by atoms with van der Waals surface area (Å²) in [5.74, 6) is -2.36. The summed E-state index contributed by atoms with van der Waals surface area (Å²) in [5.41, 5.74) is 0. The molecule has 0 aliphatic carbocycles. The second-order valence-corrected chi connectivity index (χ2v) is 4.89. The van der Waals surface area contributed by atoms with Crippen LogP contribution >= 0.6 is 0 Å². The van der Waals surface area contributed by atoms with E-state index in [1.807, 2.05) is 0 Å². The molecule has 3 aromatic rings. The van der Waals surface area contributed by atoms with Gasteiger partial charge in [-0.05, 0) is 24.3 Å². The smallest absolute Gasteiger partial charge is 0.133 e. The Hall–Kier alpha value is -3.02. The second kappa shape index (κ2) is 6.62. The zero-order chi connectivity index (χ0) is 17.1. The third-order valence-electron chi connectivity index (χ3n) is 2.97. The van der Waals surface area contributed by atoms with Crippen molar-refractivity contribution in [3.8, 4) is 23.0 Å². The molecule has 3 rings (SSSR count). The van der Waals surface area contributed by atoms with Crippen LogP contribution < -0.4 is 9.47 Å². The Bertz CT molecular complexity index is 750. The molecule has 0 saturated carbocycles. The van der Waals surface area contributed by atoms with E-state index in [0.717, 1.165) is 36.4 Å². The third-order valence-corrected chi connectivity index (χ3v) is 2.97. The van der Waals surface area contributed by atoms with Crippen LogP contribution in [0, 0.1) is 23.3 Å². The van der Waals surface area contributed by atoms with E-state index in [1.54, 1.807) is 0 Å². The molecule has 2 nitrogen and oxygen atoms in total. The average molecular weight is 334 g/mol. The van der Waals surface area contributed by atoms with E-state index in [1.165, 1.54) is 24.3 Å². The van der Waals surface area contributed by atoms with Gasteiger partial charge in [-0.2, -0.15) is 0 Å². The molecule has 0 aromatic heterocycles. The van der Waals surface area contributed by atoms with Gasteiger partial charge in [0.2, 0.25) is 0 Å². The molecule has 0 aliphatic rings. The van der Waals surface area contributed by atoms with Crippen LogP contribution in [0.25, 0.3) is 0 Å². The van der Waals surface area contributed by atoms with Crippen molar-refractivity contribution in [1.82, 2.24) is 0 Å². The first kappa shape index (κ1) is 15.9. The fourth-order valence-corrected chi connectivity index (χ4v) is 2.02. The minimum Gasteiger partial charge on any atom is -0.457 e. The van der Waals surface area contributed by atoms with Crippen molar-refractivity contribution in [2.75, 3.05) is 0 Å². The van der Waals surface area contributed by atoms with Crippen LogP contribution in [0.5, 0.6) is 23.0 Å². The standard InChI is InChI=1S/C18H10F4O2/c19-11-5-12(20)8-17(7-11)23-15-1-2-16(4-3-15)24-18-9-13(21)6-14(22)10-18/h1-10H. The van der Waals surface area contributed by atoms with Crippen LogP contribution in [-0.4, -0.2) is 0 Å². The van der Waals surface area contributed by atoms with Crippen LogP contribution in [0.3, 0.4) is 0 Å². The molecule has 0 unspecified atom stereocenters. The van der Waals surface area contributed by atoms with Crippen LogP contribution in [-0.2, 0) is 0 Å². The summed E-state index contributed by atoms with van der Waals surface area (Å²) in [7, 11) is 0. The van der Waals surface area contributed by atoms with Crippen molar-refractivity contribution in [2.24, 2.45) is 0 Å². The fraction of sp³-hybridized carbons (Fsp3) is 0. The van der Waals surface area contributed by atoms with Gasteiger partial charge in [-0.25, -0.2) is 17.6 Å². The van der Waals surface area contributed by atoms with Crippen LogP contribution in [0.4, 0.5) is 17.6 Å². The van der Waals surface area contributed by atoms with Crippen molar-refractivity contribution in [3.63, 3.8) is 0 Å². The lowest BCUT2D eigenvalue weighted by molar-refractivity contribution is 0.456. The van der Waals surface area contributed by atoms with Crippen molar-refractivity contribution in [3.05, 3.63) is 83.9 Å². The normalized spacial score (nSPS) is 10.5. The third kappa shape index (κ3) is 4.04. The molecule has 6 heteroatoms. The summed E-state index contributed by atoms with van der Waals surface area (Å²) in [5, 5.41) is 0. The van der Waals surface area contributed by atoms with E-state index in [0.29, 0.717) is 11.5 Å². The Morgan fingerprint density at radius 1 is 0.417 bits per heavy atom. The maximum atomic E-state index is 13.1. The fourth-order valence-electron chi connectivity index (χ4n) is 2.02. The number of ether oxygens (including phenoxy) is 2. The summed E-state index contributed by atoms with van der Waals surface area (Å²) in [4.78, 5) is 0. The van der Waals surface area contributed by atoms with Gasteiger partial charge in [0, 0.05) is 36.4 Å². The molecule has 0 fully saturated rings. The summed E-state index contributed by atoms with van der Waals surface area (Å²) in [6, 6.07) is 11.6. The monoisotopic (exact) mass is 334 g/mol. The van der Waals surface area contributed by atoms with Gasteiger partial charge in [0.15, 0.2) is 0 Å². The molecule has 0 saturated heterocycles. The highest BCUT2D eigenvalue weighted by molar-refractivity contribution is 5.38. The highest BCUT2D eigenvalue weighted by Gasteiger charge is 2.05. The van der Waals surface area contributed by atoms with E-state index < -0.39 is 23.3 Å². The lowest BCUT2D eigenvalue weighted by Gasteiger charge is -2.09.